The number of hydrogen-bond acceptors (Lipinski definition) is 4. The molecular weight excluding hydrogens is 318 g/mol. The van der Waals surface area contributed by atoms with Crippen LogP contribution in [0.5, 0.6) is 0 Å². The van der Waals surface area contributed by atoms with E-state index in [0.717, 1.165) is 44.9 Å². The molecule has 0 saturated carbocycles. The van der Waals surface area contributed by atoms with Crippen LogP contribution >= 0.6 is 0 Å². The summed E-state index contributed by atoms with van der Waals surface area (Å²) in [5, 5.41) is 0. The van der Waals surface area contributed by atoms with Crippen molar-refractivity contribution in [2.24, 2.45) is 0 Å². The van der Waals surface area contributed by atoms with Crippen LogP contribution < -0.4 is 0 Å². The molecule has 140 valence electrons. The molecule has 1 saturated heterocycles. The van der Waals surface area contributed by atoms with Crippen molar-refractivity contribution in [3.63, 3.8) is 0 Å². The first-order valence-corrected chi connectivity index (χ1v) is 9.32. The maximum absolute atomic E-state index is 12.8. The van der Waals surface area contributed by atoms with Gasteiger partial charge < -0.3 is 19.1 Å². The van der Waals surface area contributed by atoms with Gasteiger partial charge in [-0.15, -0.1) is 0 Å². The number of rotatable bonds is 7. The Labute approximate surface area is 150 Å². The molecule has 0 aliphatic carbocycles. The maximum Gasteiger partial charge on any atom is 0.257 e. The lowest BCUT2D eigenvalue weighted by Gasteiger charge is -2.34. The van der Waals surface area contributed by atoms with E-state index in [4.69, 9.17) is 4.42 Å². The van der Waals surface area contributed by atoms with Gasteiger partial charge in [-0.05, 0) is 32.9 Å². The minimum Gasteiger partial charge on any atom is -0.466 e. The first-order valence-electron chi connectivity index (χ1n) is 9.32. The molecule has 0 bridgehead atoms. The van der Waals surface area contributed by atoms with Gasteiger partial charge in [0.05, 0.1) is 5.56 Å². The van der Waals surface area contributed by atoms with Crippen LogP contribution in [0.1, 0.15) is 48.6 Å². The second kappa shape index (κ2) is 9.04. The standard InChI is InChI=1S/C19H31N3O3/c1-5-8-22(19(24)17-14-15(3)25-16(17)4)9-7-18(23)21-12-10-20(6-2)11-13-21/h14H,5-13H2,1-4H3. The largest absolute Gasteiger partial charge is 0.466 e. The Balaban J connectivity index is 1.92. The van der Waals surface area contributed by atoms with Crippen LogP contribution in [0.2, 0.25) is 0 Å². The molecule has 6 nitrogen and oxygen atoms in total. The zero-order valence-electron chi connectivity index (χ0n) is 16.0. The Morgan fingerprint density at radius 2 is 1.80 bits per heavy atom. The van der Waals surface area contributed by atoms with Gasteiger partial charge in [0.1, 0.15) is 11.5 Å². The lowest BCUT2D eigenvalue weighted by atomic mass is 10.2. The van der Waals surface area contributed by atoms with Crippen molar-refractivity contribution in [1.82, 2.24) is 14.7 Å². The maximum atomic E-state index is 12.8. The van der Waals surface area contributed by atoms with E-state index < -0.39 is 0 Å². The van der Waals surface area contributed by atoms with Crippen molar-refractivity contribution in [2.75, 3.05) is 45.8 Å². The van der Waals surface area contributed by atoms with E-state index >= 15 is 0 Å². The number of carbonyl (C=O) groups is 2. The van der Waals surface area contributed by atoms with Crippen molar-refractivity contribution >= 4 is 11.8 Å². The van der Waals surface area contributed by atoms with E-state index in [1.54, 1.807) is 11.0 Å². The minimum atomic E-state index is -0.0418. The Hall–Kier alpha value is -1.82. The summed E-state index contributed by atoms with van der Waals surface area (Å²) in [5.74, 6) is 1.48. The molecule has 1 aromatic rings. The molecule has 2 rings (SSSR count). The molecule has 25 heavy (non-hydrogen) atoms. The van der Waals surface area contributed by atoms with Gasteiger partial charge in [0.25, 0.3) is 5.91 Å². The van der Waals surface area contributed by atoms with Crippen LogP contribution in [0.15, 0.2) is 10.5 Å². The summed E-state index contributed by atoms with van der Waals surface area (Å²) in [6.07, 6.45) is 1.25. The second-order valence-electron chi connectivity index (χ2n) is 6.68. The summed E-state index contributed by atoms with van der Waals surface area (Å²) in [7, 11) is 0. The summed E-state index contributed by atoms with van der Waals surface area (Å²) >= 11 is 0. The summed E-state index contributed by atoms with van der Waals surface area (Å²) in [6.45, 7) is 13.4. The van der Waals surface area contributed by atoms with Gasteiger partial charge in [0, 0.05) is 45.7 Å². The summed E-state index contributed by atoms with van der Waals surface area (Å²) in [5.41, 5.74) is 0.606. The number of hydrogen-bond donors (Lipinski definition) is 0. The molecule has 6 heteroatoms. The molecule has 1 aliphatic rings. The zero-order valence-corrected chi connectivity index (χ0v) is 16.0. The predicted octanol–water partition coefficient (Wildman–Crippen LogP) is 2.30. The van der Waals surface area contributed by atoms with Crippen molar-refractivity contribution in [3.05, 3.63) is 23.2 Å². The van der Waals surface area contributed by atoms with Crippen molar-refractivity contribution in [2.45, 2.75) is 40.5 Å². The first-order chi connectivity index (χ1) is 12.0. The average molecular weight is 349 g/mol. The number of furan rings is 1. The topological polar surface area (TPSA) is 57.0 Å². The lowest BCUT2D eigenvalue weighted by molar-refractivity contribution is -0.133. The van der Waals surface area contributed by atoms with Crippen molar-refractivity contribution < 1.29 is 14.0 Å². The molecule has 0 radical (unpaired) electrons. The van der Waals surface area contributed by atoms with Gasteiger partial charge >= 0.3 is 0 Å². The van der Waals surface area contributed by atoms with Gasteiger partial charge in [-0.1, -0.05) is 13.8 Å². The second-order valence-corrected chi connectivity index (χ2v) is 6.68. The monoisotopic (exact) mass is 349 g/mol. The Bertz CT molecular complexity index is 589. The van der Waals surface area contributed by atoms with E-state index in [1.165, 1.54) is 0 Å². The Kier molecular flexibility index (Phi) is 7.05. The highest BCUT2D eigenvalue weighted by atomic mass is 16.3. The van der Waals surface area contributed by atoms with Gasteiger partial charge in [-0.3, -0.25) is 9.59 Å². The molecule has 1 fully saturated rings. The fourth-order valence-electron chi connectivity index (χ4n) is 3.30. The van der Waals surface area contributed by atoms with Crippen LogP contribution in [0.3, 0.4) is 0 Å². The summed E-state index contributed by atoms with van der Waals surface area (Å²) < 4.78 is 5.48. The molecule has 0 atom stereocenters. The molecular formula is C19H31N3O3. The third-order valence-electron chi connectivity index (χ3n) is 4.82. The van der Waals surface area contributed by atoms with Crippen LogP contribution in [0.4, 0.5) is 0 Å². The minimum absolute atomic E-state index is 0.0418. The number of amides is 2. The molecule has 0 unspecified atom stereocenters. The number of aryl methyl sites for hydroxylation is 2. The van der Waals surface area contributed by atoms with Crippen LogP contribution in [-0.2, 0) is 4.79 Å². The first kappa shape index (κ1) is 19.5. The van der Waals surface area contributed by atoms with E-state index in [-0.39, 0.29) is 11.8 Å². The molecule has 1 aromatic heterocycles. The predicted molar refractivity (Wildman–Crippen MR) is 97.7 cm³/mol. The van der Waals surface area contributed by atoms with Gasteiger partial charge in [0.15, 0.2) is 0 Å². The third kappa shape index (κ3) is 5.08. The zero-order chi connectivity index (χ0) is 18.4. The molecule has 0 aromatic carbocycles. The fourth-order valence-corrected chi connectivity index (χ4v) is 3.30. The van der Waals surface area contributed by atoms with Gasteiger partial charge in [-0.2, -0.15) is 0 Å². The molecule has 2 amide bonds. The van der Waals surface area contributed by atoms with E-state index in [0.29, 0.717) is 30.8 Å². The van der Waals surface area contributed by atoms with Crippen LogP contribution in [-0.4, -0.2) is 72.3 Å². The highest BCUT2D eigenvalue weighted by Crippen LogP contribution is 2.17. The number of piperazine rings is 1. The van der Waals surface area contributed by atoms with Crippen LogP contribution in [0, 0.1) is 13.8 Å². The van der Waals surface area contributed by atoms with Crippen molar-refractivity contribution in [3.8, 4) is 0 Å². The lowest BCUT2D eigenvalue weighted by Crippen LogP contribution is -2.49. The molecule has 0 spiro atoms. The number of carbonyl (C=O) groups excluding carboxylic acids is 2. The SMILES string of the molecule is CCCN(CCC(=O)N1CCN(CC)CC1)C(=O)c1cc(C)oc1C. The van der Waals surface area contributed by atoms with Gasteiger partial charge in [0.2, 0.25) is 5.91 Å². The van der Waals surface area contributed by atoms with E-state index in [2.05, 4.69) is 11.8 Å². The summed E-state index contributed by atoms with van der Waals surface area (Å²) in [4.78, 5) is 31.3. The van der Waals surface area contributed by atoms with Crippen molar-refractivity contribution in [1.29, 1.82) is 0 Å². The molecule has 1 aliphatic heterocycles. The molecule has 0 N–H and O–H groups in total. The normalized spacial score (nSPS) is 15.4. The van der Waals surface area contributed by atoms with E-state index in [9.17, 15) is 9.59 Å². The number of likely N-dealkylation sites (N-methyl/N-ethyl adjacent to an activating group) is 1. The third-order valence-corrected chi connectivity index (χ3v) is 4.82. The summed E-state index contributed by atoms with van der Waals surface area (Å²) in [6, 6.07) is 1.78. The molecule has 2 heterocycles. The average Bonchev–Trinajstić information content (AvgIpc) is 2.96. The van der Waals surface area contributed by atoms with E-state index in [1.807, 2.05) is 25.7 Å². The van der Waals surface area contributed by atoms with Crippen LogP contribution in [0.25, 0.3) is 0 Å². The number of nitrogens with zero attached hydrogens (tertiary/aromatic N) is 3. The highest BCUT2D eigenvalue weighted by Gasteiger charge is 2.23. The quantitative estimate of drug-likeness (QED) is 0.758. The smallest absolute Gasteiger partial charge is 0.257 e. The van der Waals surface area contributed by atoms with Gasteiger partial charge in [-0.25, -0.2) is 0 Å². The highest BCUT2D eigenvalue weighted by molar-refractivity contribution is 5.95. The Morgan fingerprint density at radius 1 is 1.12 bits per heavy atom. The fraction of sp³-hybridized carbons (Fsp3) is 0.684. The Morgan fingerprint density at radius 3 is 2.32 bits per heavy atom.